The van der Waals surface area contributed by atoms with Crippen LogP contribution in [-0.2, 0) is 11.3 Å². The molecule has 1 N–H and O–H groups in total. The maximum atomic E-state index is 9.20. The average molecular weight is 292 g/mol. The molecule has 0 heterocycles. The highest BCUT2D eigenvalue weighted by Crippen LogP contribution is 2.01. The molecule has 0 aliphatic carbocycles. The minimum Gasteiger partial charge on any atom is -0.390 e. The van der Waals surface area contributed by atoms with Gasteiger partial charge in [-0.3, -0.25) is 0 Å². The van der Waals surface area contributed by atoms with Gasteiger partial charge in [-0.15, -0.1) is 0 Å². The molecular formula is C10H13IO2. The smallest absolute Gasteiger partial charge is 0.0862 e. The minimum atomic E-state index is -0.343. The molecule has 1 rings (SSSR count). The summed E-state index contributed by atoms with van der Waals surface area (Å²) >= 11 is 2.14. The highest BCUT2D eigenvalue weighted by atomic mass is 127. The summed E-state index contributed by atoms with van der Waals surface area (Å²) in [6, 6.07) is 9.96. The van der Waals surface area contributed by atoms with Gasteiger partial charge >= 0.3 is 0 Å². The van der Waals surface area contributed by atoms with Crippen molar-refractivity contribution in [3.63, 3.8) is 0 Å². The lowest BCUT2D eigenvalue weighted by molar-refractivity contribution is 0.0411. The number of benzene rings is 1. The van der Waals surface area contributed by atoms with Gasteiger partial charge in [-0.1, -0.05) is 52.9 Å². The second kappa shape index (κ2) is 6.34. The standard InChI is InChI=1S/C10H13IO2/c11-6-10(12)8-13-7-9-4-2-1-3-5-9/h1-5,10,12H,6-8H2. The van der Waals surface area contributed by atoms with Crippen LogP contribution in [0.5, 0.6) is 0 Å². The largest absolute Gasteiger partial charge is 0.390 e. The molecule has 0 bridgehead atoms. The first-order chi connectivity index (χ1) is 6.33. The van der Waals surface area contributed by atoms with Gasteiger partial charge in [-0.05, 0) is 5.56 Å². The number of rotatable bonds is 5. The molecule has 2 nitrogen and oxygen atoms in total. The Bertz CT molecular complexity index is 226. The second-order valence-electron chi connectivity index (χ2n) is 2.81. The van der Waals surface area contributed by atoms with Crippen LogP contribution in [0.1, 0.15) is 5.56 Å². The van der Waals surface area contributed by atoms with E-state index in [4.69, 9.17) is 4.74 Å². The summed E-state index contributed by atoms with van der Waals surface area (Å²) in [7, 11) is 0. The van der Waals surface area contributed by atoms with E-state index in [2.05, 4.69) is 22.6 Å². The Morgan fingerprint density at radius 1 is 1.31 bits per heavy atom. The lowest BCUT2D eigenvalue weighted by Gasteiger charge is -2.07. The number of halogens is 1. The van der Waals surface area contributed by atoms with E-state index in [1.54, 1.807) is 0 Å². The molecule has 0 saturated carbocycles. The van der Waals surface area contributed by atoms with Gasteiger partial charge in [0.2, 0.25) is 0 Å². The van der Waals surface area contributed by atoms with E-state index in [0.717, 1.165) is 5.56 Å². The molecule has 0 aliphatic rings. The van der Waals surface area contributed by atoms with E-state index in [1.807, 2.05) is 30.3 Å². The fourth-order valence-corrected chi connectivity index (χ4v) is 1.19. The van der Waals surface area contributed by atoms with E-state index < -0.39 is 0 Å². The van der Waals surface area contributed by atoms with Crippen LogP contribution in [-0.4, -0.2) is 22.2 Å². The van der Waals surface area contributed by atoms with Gasteiger partial charge in [0.05, 0.1) is 19.3 Å². The third-order valence-electron chi connectivity index (χ3n) is 1.60. The van der Waals surface area contributed by atoms with Crippen LogP contribution in [0.15, 0.2) is 30.3 Å². The minimum absolute atomic E-state index is 0.343. The fraction of sp³-hybridized carbons (Fsp3) is 0.400. The summed E-state index contributed by atoms with van der Waals surface area (Å²) < 4.78 is 6.03. The lowest BCUT2D eigenvalue weighted by Crippen LogP contribution is -2.16. The number of hydrogen-bond acceptors (Lipinski definition) is 2. The molecule has 0 spiro atoms. The number of alkyl halides is 1. The first-order valence-corrected chi connectivity index (χ1v) is 5.71. The molecule has 1 atom stereocenters. The quantitative estimate of drug-likeness (QED) is 0.664. The molecule has 72 valence electrons. The van der Waals surface area contributed by atoms with Gasteiger partial charge in [0.15, 0.2) is 0 Å². The Morgan fingerprint density at radius 3 is 2.62 bits per heavy atom. The molecule has 1 aromatic carbocycles. The van der Waals surface area contributed by atoms with Crippen LogP contribution in [0.2, 0.25) is 0 Å². The molecule has 1 aromatic rings. The fourth-order valence-electron chi connectivity index (χ4n) is 0.932. The predicted octanol–water partition coefficient (Wildman–Crippen LogP) is 2.00. The zero-order valence-corrected chi connectivity index (χ0v) is 9.48. The van der Waals surface area contributed by atoms with Crippen molar-refractivity contribution in [3.05, 3.63) is 35.9 Å². The van der Waals surface area contributed by atoms with E-state index in [-0.39, 0.29) is 6.10 Å². The van der Waals surface area contributed by atoms with Crippen molar-refractivity contribution in [2.24, 2.45) is 0 Å². The first kappa shape index (κ1) is 10.9. The van der Waals surface area contributed by atoms with Crippen LogP contribution in [0, 0.1) is 0 Å². The molecule has 1 unspecified atom stereocenters. The zero-order chi connectivity index (χ0) is 9.52. The van der Waals surface area contributed by atoms with Gasteiger partial charge < -0.3 is 9.84 Å². The summed E-state index contributed by atoms with van der Waals surface area (Å²) in [6.45, 7) is 0.992. The van der Waals surface area contributed by atoms with Gasteiger partial charge in [-0.25, -0.2) is 0 Å². The van der Waals surface area contributed by atoms with Crippen molar-refractivity contribution >= 4 is 22.6 Å². The zero-order valence-electron chi connectivity index (χ0n) is 7.32. The van der Waals surface area contributed by atoms with E-state index in [1.165, 1.54) is 0 Å². The molecule has 13 heavy (non-hydrogen) atoms. The molecule has 0 fully saturated rings. The molecule has 0 aliphatic heterocycles. The van der Waals surface area contributed by atoms with Crippen molar-refractivity contribution in [2.75, 3.05) is 11.0 Å². The maximum Gasteiger partial charge on any atom is 0.0862 e. The van der Waals surface area contributed by atoms with Crippen LogP contribution in [0.3, 0.4) is 0 Å². The number of ether oxygens (including phenoxy) is 1. The van der Waals surface area contributed by atoms with Gasteiger partial charge in [-0.2, -0.15) is 0 Å². The van der Waals surface area contributed by atoms with Gasteiger partial charge in [0.25, 0.3) is 0 Å². The van der Waals surface area contributed by atoms with Crippen molar-refractivity contribution in [1.29, 1.82) is 0 Å². The highest BCUT2D eigenvalue weighted by Gasteiger charge is 2.00. The van der Waals surface area contributed by atoms with Crippen LogP contribution < -0.4 is 0 Å². The number of aliphatic hydroxyl groups excluding tert-OH is 1. The topological polar surface area (TPSA) is 29.5 Å². The molecule has 0 radical (unpaired) electrons. The summed E-state index contributed by atoms with van der Waals surface area (Å²) in [4.78, 5) is 0. The molecule has 0 saturated heterocycles. The van der Waals surface area contributed by atoms with Crippen molar-refractivity contribution < 1.29 is 9.84 Å². The van der Waals surface area contributed by atoms with Crippen molar-refractivity contribution in [1.82, 2.24) is 0 Å². The number of hydrogen-bond donors (Lipinski definition) is 1. The Balaban J connectivity index is 2.20. The summed E-state index contributed by atoms with van der Waals surface area (Å²) in [5, 5.41) is 9.20. The SMILES string of the molecule is OC(CI)COCc1ccccc1. The van der Waals surface area contributed by atoms with Gasteiger partial charge in [0.1, 0.15) is 0 Å². The predicted molar refractivity (Wildman–Crippen MR) is 61.0 cm³/mol. The summed E-state index contributed by atoms with van der Waals surface area (Å²) in [5.74, 6) is 0. The molecule has 3 heteroatoms. The Labute approximate surface area is 92.1 Å². The number of aliphatic hydroxyl groups is 1. The molecule has 0 aromatic heterocycles. The highest BCUT2D eigenvalue weighted by molar-refractivity contribution is 14.1. The van der Waals surface area contributed by atoms with Crippen LogP contribution >= 0.6 is 22.6 Å². The van der Waals surface area contributed by atoms with Crippen LogP contribution in [0.4, 0.5) is 0 Å². The Morgan fingerprint density at radius 2 is 2.00 bits per heavy atom. The van der Waals surface area contributed by atoms with E-state index in [0.29, 0.717) is 17.6 Å². The maximum absolute atomic E-state index is 9.20. The third kappa shape index (κ3) is 4.59. The van der Waals surface area contributed by atoms with Crippen molar-refractivity contribution in [3.8, 4) is 0 Å². The van der Waals surface area contributed by atoms with Crippen LogP contribution in [0.25, 0.3) is 0 Å². The molecule has 0 amide bonds. The first-order valence-electron chi connectivity index (χ1n) is 4.18. The van der Waals surface area contributed by atoms with E-state index in [9.17, 15) is 5.11 Å². The monoisotopic (exact) mass is 292 g/mol. The van der Waals surface area contributed by atoms with Gasteiger partial charge in [0, 0.05) is 4.43 Å². The lowest BCUT2D eigenvalue weighted by atomic mass is 10.2. The van der Waals surface area contributed by atoms with E-state index >= 15 is 0 Å². The molecular weight excluding hydrogens is 279 g/mol. The second-order valence-corrected chi connectivity index (χ2v) is 3.69. The average Bonchev–Trinajstić information content (AvgIpc) is 2.19. The Kier molecular flexibility index (Phi) is 5.34. The third-order valence-corrected chi connectivity index (χ3v) is 2.62. The summed E-state index contributed by atoms with van der Waals surface area (Å²) in [5.41, 5.74) is 1.14. The normalized spacial score (nSPS) is 12.8. The summed E-state index contributed by atoms with van der Waals surface area (Å²) in [6.07, 6.45) is -0.343. The van der Waals surface area contributed by atoms with Crippen molar-refractivity contribution in [2.45, 2.75) is 12.7 Å². The Hall–Kier alpha value is -0.130.